The number of nitrogens with zero attached hydrogens (tertiary/aromatic N) is 2. The first-order chi connectivity index (χ1) is 10.5. The molecule has 0 saturated carbocycles. The summed E-state index contributed by atoms with van der Waals surface area (Å²) in [5.41, 5.74) is 1.05. The number of amides is 1. The predicted molar refractivity (Wildman–Crippen MR) is 81.7 cm³/mol. The van der Waals surface area contributed by atoms with Crippen molar-refractivity contribution in [3.8, 4) is 0 Å². The SMILES string of the molecule is CCN(C(=O)C[C@@H](C)c1ccc(F)cc1F)c1cccnc1. The van der Waals surface area contributed by atoms with Crippen LogP contribution in [0.5, 0.6) is 0 Å². The lowest BCUT2D eigenvalue weighted by molar-refractivity contribution is -0.118. The first-order valence-electron chi connectivity index (χ1n) is 7.18. The van der Waals surface area contributed by atoms with Crippen LogP contribution in [0.15, 0.2) is 42.7 Å². The normalized spacial score (nSPS) is 12.0. The van der Waals surface area contributed by atoms with Crippen LogP contribution in [0, 0.1) is 11.6 Å². The van der Waals surface area contributed by atoms with Crippen molar-refractivity contribution in [3.63, 3.8) is 0 Å². The molecular weight excluding hydrogens is 286 g/mol. The Kier molecular flexibility index (Phi) is 5.20. The fraction of sp³-hybridized carbons (Fsp3) is 0.294. The summed E-state index contributed by atoms with van der Waals surface area (Å²) in [5.74, 6) is -1.69. The smallest absolute Gasteiger partial charge is 0.227 e. The summed E-state index contributed by atoms with van der Waals surface area (Å²) < 4.78 is 26.7. The topological polar surface area (TPSA) is 33.2 Å². The molecule has 0 N–H and O–H groups in total. The zero-order chi connectivity index (χ0) is 16.1. The van der Waals surface area contributed by atoms with Crippen molar-refractivity contribution in [2.45, 2.75) is 26.2 Å². The third kappa shape index (κ3) is 3.67. The van der Waals surface area contributed by atoms with E-state index in [1.807, 2.05) is 6.92 Å². The Morgan fingerprint density at radius 3 is 2.68 bits per heavy atom. The summed E-state index contributed by atoms with van der Waals surface area (Å²) in [7, 11) is 0. The Labute approximate surface area is 128 Å². The molecule has 3 nitrogen and oxygen atoms in total. The van der Waals surface area contributed by atoms with Gasteiger partial charge in [0.05, 0.1) is 11.9 Å². The average molecular weight is 304 g/mol. The lowest BCUT2D eigenvalue weighted by atomic mass is 9.96. The van der Waals surface area contributed by atoms with Crippen molar-refractivity contribution in [3.05, 3.63) is 59.9 Å². The maximum Gasteiger partial charge on any atom is 0.227 e. The van der Waals surface area contributed by atoms with E-state index in [9.17, 15) is 13.6 Å². The Hall–Kier alpha value is -2.30. The van der Waals surface area contributed by atoms with Crippen molar-refractivity contribution in [2.24, 2.45) is 0 Å². The minimum Gasteiger partial charge on any atom is -0.311 e. The Morgan fingerprint density at radius 1 is 1.32 bits per heavy atom. The monoisotopic (exact) mass is 304 g/mol. The highest BCUT2D eigenvalue weighted by atomic mass is 19.1. The van der Waals surface area contributed by atoms with Crippen LogP contribution in [0.2, 0.25) is 0 Å². The summed E-state index contributed by atoms with van der Waals surface area (Å²) in [6.07, 6.45) is 3.40. The van der Waals surface area contributed by atoms with Gasteiger partial charge in [0.1, 0.15) is 11.6 Å². The summed E-state index contributed by atoms with van der Waals surface area (Å²) in [6.45, 7) is 4.13. The molecule has 116 valence electrons. The molecule has 2 aromatic rings. The highest BCUT2D eigenvalue weighted by Crippen LogP contribution is 2.24. The highest BCUT2D eigenvalue weighted by Gasteiger charge is 2.20. The first kappa shape index (κ1) is 16.1. The third-order valence-electron chi connectivity index (χ3n) is 3.55. The fourth-order valence-corrected chi connectivity index (χ4v) is 2.40. The molecule has 5 heteroatoms. The van der Waals surface area contributed by atoms with E-state index in [1.165, 1.54) is 12.1 Å². The number of aromatic nitrogens is 1. The van der Waals surface area contributed by atoms with Crippen molar-refractivity contribution >= 4 is 11.6 Å². The van der Waals surface area contributed by atoms with Gasteiger partial charge in [0.25, 0.3) is 0 Å². The number of benzene rings is 1. The van der Waals surface area contributed by atoms with Gasteiger partial charge >= 0.3 is 0 Å². The van der Waals surface area contributed by atoms with Crippen LogP contribution < -0.4 is 4.90 Å². The second-order valence-corrected chi connectivity index (χ2v) is 5.12. The number of rotatable bonds is 5. The van der Waals surface area contributed by atoms with E-state index >= 15 is 0 Å². The molecule has 2 rings (SSSR count). The number of anilines is 1. The van der Waals surface area contributed by atoms with Gasteiger partial charge in [-0.15, -0.1) is 0 Å². The van der Waals surface area contributed by atoms with Gasteiger partial charge in [-0.25, -0.2) is 8.78 Å². The Morgan fingerprint density at radius 2 is 2.09 bits per heavy atom. The minimum atomic E-state index is -0.621. The predicted octanol–water partition coefficient (Wildman–Crippen LogP) is 3.91. The second kappa shape index (κ2) is 7.11. The number of pyridine rings is 1. The van der Waals surface area contributed by atoms with Crippen molar-refractivity contribution in [2.75, 3.05) is 11.4 Å². The zero-order valence-corrected chi connectivity index (χ0v) is 12.6. The molecule has 0 aliphatic heterocycles. The van der Waals surface area contributed by atoms with E-state index in [-0.39, 0.29) is 18.2 Å². The van der Waals surface area contributed by atoms with E-state index in [0.717, 1.165) is 6.07 Å². The van der Waals surface area contributed by atoms with Gasteiger partial charge in [-0.3, -0.25) is 9.78 Å². The van der Waals surface area contributed by atoms with Crippen LogP contribution in [0.25, 0.3) is 0 Å². The molecule has 0 spiro atoms. The van der Waals surface area contributed by atoms with Crippen LogP contribution >= 0.6 is 0 Å². The summed E-state index contributed by atoms with van der Waals surface area (Å²) in [6, 6.07) is 7.00. The standard InChI is InChI=1S/C17H18F2N2O/c1-3-21(14-5-4-8-20-11-14)17(22)9-12(2)15-7-6-13(18)10-16(15)19/h4-8,10-12H,3,9H2,1-2H3/t12-/m1/s1. The van der Waals surface area contributed by atoms with Crippen LogP contribution in [0.3, 0.4) is 0 Å². The van der Waals surface area contributed by atoms with Crippen LogP contribution in [0.4, 0.5) is 14.5 Å². The van der Waals surface area contributed by atoms with Gasteiger partial charge < -0.3 is 4.90 Å². The number of carbonyl (C=O) groups is 1. The van der Waals surface area contributed by atoms with Gasteiger partial charge in [-0.05, 0) is 36.6 Å². The van der Waals surface area contributed by atoms with Crippen LogP contribution in [0.1, 0.15) is 31.7 Å². The molecule has 0 radical (unpaired) electrons. The van der Waals surface area contributed by atoms with Gasteiger partial charge in [0.15, 0.2) is 0 Å². The van der Waals surface area contributed by atoms with E-state index in [1.54, 1.807) is 36.4 Å². The molecule has 0 unspecified atom stereocenters. The molecule has 1 heterocycles. The number of hydrogen-bond acceptors (Lipinski definition) is 2. The largest absolute Gasteiger partial charge is 0.311 e. The number of carbonyl (C=O) groups excluding carboxylic acids is 1. The maximum atomic E-state index is 13.8. The average Bonchev–Trinajstić information content (AvgIpc) is 2.48. The van der Waals surface area contributed by atoms with Crippen LogP contribution in [-0.2, 0) is 4.79 Å². The third-order valence-corrected chi connectivity index (χ3v) is 3.55. The summed E-state index contributed by atoms with van der Waals surface area (Å²) in [5, 5.41) is 0. The van der Waals surface area contributed by atoms with Crippen molar-refractivity contribution in [1.82, 2.24) is 4.98 Å². The molecule has 1 aromatic heterocycles. The lowest BCUT2D eigenvalue weighted by Crippen LogP contribution is -2.31. The van der Waals surface area contributed by atoms with E-state index in [0.29, 0.717) is 17.8 Å². The zero-order valence-electron chi connectivity index (χ0n) is 12.6. The molecule has 1 amide bonds. The molecular formula is C17H18F2N2O. The Bertz CT molecular complexity index is 646. The lowest BCUT2D eigenvalue weighted by Gasteiger charge is -2.22. The molecule has 1 aromatic carbocycles. The quantitative estimate of drug-likeness (QED) is 0.839. The first-order valence-corrected chi connectivity index (χ1v) is 7.18. The van der Waals surface area contributed by atoms with Gasteiger partial charge in [0, 0.05) is 25.2 Å². The number of halogens is 2. The van der Waals surface area contributed by atoms with E-state index < -0.39 is 11.6 Å². The van der Waals surface area contributed by atoms with Gasteiger partial charge in [0.2, 0.25) is 5.91 Å². The molecule has 0 fully saturated rings. The van der Waals surface area contributed by atoms with E-state index in [2.05, 4.69) is 4.98 Å². The molecule has 0 aliphatic rings. The highest BCUT2D eigenvalue weighted by molar-refractivity contribution is 5.93. The van der Waals surface area contributed by atoms with Crippen molar-refractivity contribution < 1.29 is 13.6 Å². The maximum absolute atomic E-state index is 13.8. The van der Waals surface area contributed by atoms with Crippen LogP contribution in [-0.4, -0.2) is 17.4 Å². The van der Waals surface area contributed by atoms with Gasteiger partial charge in [-0.2, -0.15) is 0 Å². The Balaban J connectivity index is 2.13. The van der Waals surface area contributed by atoms with Gasteiger partial charge in [-0.1, -0.05) is 13.0 Å². The molecule has 0 saturated heterocycles. The summed E-state index contributed by atoms with van der Waals surface area (Å²) in [4.78, 5) is 18.0. The fourth-order valence-electron chi connectivity index (χ4n) is 2.40. The molecule has 22 heavy (non-hydrogen) atoms. The van der Waals surface area contributed by atoms with E-state index in [4.69, 9.17) is 0 Å². The molecule has 0 aliphatic carbocycles. The second-order valence-electron chi connectivity index (χ2n) is 5.12. The molecule has 0 bridgehead atoms. The minimum absolute atomic E-state index is 0.119. The molecule has 1 atom stereocenters. The summed E-state index contributed by atoms with van der Waals surface area (Å²) >= 11 is 0. The number of hydrogen-bond donors (Lipinski definition) is 0. The van der Waals surface area contributed by atoms with Crippen molar-refractivity contribution in [1.29, 1.82) is 0 Å².